The van der Waals surface area contributed by atoms with Crippen LogP contribution in [0.1, 0.15) is 18.4 Å². The van der Waals surface area contributed by atoms with E-state index < -0.39 is 5.97 Å². The second-order valence-corrected chi connectivity index (χ2v) is 5.46. The van der Waals surface area contributed by atoms with Gasteiger partial charge in [0.1, 0.15) is 6.61 Å². The van der Waals surface area contributed by atoms with Gasteiger partial charge in [0.05, 0.1) is 13.0 Å². The summed E-state index contributed by atoms with van der Waals surface area (Å²) in [5.74, 6) is -1.03. The Kier molecular flexibility index (Phi) is 6.36. The van der Waals surface area contributed by atoms with Gasteiger partial charge in [-0.25, -0.2) is 0 Å². The third-order valence-corrected chi connectivity index (χ3v) is 3.64. The van der Waals surface area contributed by atoms with Crippen LogP contribution in [0.25, 0.3) is 0 Å². The molecule has 0 bridgehead atoms. The van der Waals surface area contributed by atoms with E-state index in [1.807, 2.05) is 35.2 Å². The van der Waals surface area contributed by atoms with Gasteiger partial charge in [-0.05, 0) is 12.0 Å². The normalized spacial score (nSPS) is 18.3. The molecule has 1 heterocycles. The molecule has 0 spiro atoms. The number of carbonyl (C=O) groups is 2. The molecule has 6 heteroatoms. The van der Waals surface area contributed by atoms with Gasteiger partial charge in [-0.15, -0.1) is 0 Å². The molecule has 1 saturated heterocycles. The van der Waals surface area contributed by atoms with Crippen LogP contribution in [-0.2, 0) is 20.9 Å². The van der Waals surface area contributed by atoms with Gasteiger partial charge < -0.3 is 15.2 Å². The Morgan fingerprint density at radius 3 is 2.82 bits per heavy atom. The van der Waals surface area contributed by atoms with Gasteiger partial charge in [0.25, 0.3) is 0 Å². The fourth-order valence-corrected chi connectivity index (χ4v) is 2.52. The lowest BCUT2D eigenvalue weighted by Gasteiger charge is -2.14. The highest BCUT2D eigenvalue weighted by Gasteiger charge is 2.23. The Morgan fingerprint density at radius 2 is 2.09 bits per heavy atom. The molecule has 1 aliphatic rings. The number of hydrogen-bond donors (Lipinski definition) is 2. The number of nitrogens with one attached hydrogen (secondary N) is 1. The molecule has 0 aliphatic carbocycles. The maximum absolute atomic E-state index is 11.6. The molecule has 1 unspecified atom stereocenters. The molecule has 1 aromatic rings. The fourth-order valence-electron chi connectivity index (χ4n) is 2.52. The summed E-state index contributed by atoms with van der Waals surface area (Å²) >= 11 is 0. The van der Waals surface area contributed by atoms with Gasteiger partial charge in [-0.2, -0.15) is 0 Å². The number of nitrogens with zero attached hydrogens (tertiary/aromatic N) is 1. The van der Waals surface area contributed by atoms with Crippen molar-refractivity contribution in [2.24, 2.45) is 0 Å². The summed E-state index contributed by atoms with van der Waals surface area (Å²) in [5.41, 5.74) is 0.976. The number of rotatable bonds is 8. The average molecular weight is 306 g/mol. The number of benzene rings is 1. The van der Waals surface area contributed by atoms with Crippen LogP contribution in [0.15, 0.2) is 30.3 Å². The topological polar surface area (TPSA) is 78.9 Å². The summed E-state index contributed by atoms with van der Waals surface area (Å²) in [4.78, 5) is 24.2. The van der Waals surface area contributed by atoms with Gasteiger partial charge in [-0.1, -0.05) is 30.3 Å². The standard InChI is InChI=1S/C16H22N2O4/c19-15(20)11-18-9-7-14(10-18)17-8-6-16(21)22-12-13-4-2-1-3-5-13/h1-5,14,17H,6-12H2,(H,19,20). The fraction of sp³-hybridized carbons (Fsp3) is 0.500. The molecular weight excluding hydrogens is 284 g/mol. The molecule has 1 aliphatic heterocycles. The van der Waals surface area contributed by atoms with Crippen LogP contribution in [0, 0.1) is 0 Å². The Bertz CT molecular complexity index is 492. The molecule has 0 radical (unpaired) electrons. The number of carboxylic acids is 1. The quantitative estimate of drug-likeness (QED) is 0.694. The molecule has 22 heavy (non-hydrogen) atoms. The van der Waals surface area contributed by atoms with Crippen molar-refractivity contribution in [1.29, 1.82) is 0 Å². The minimum Gasteiger partial charge on any atom is -0.480 e. The average Bonchev–Trinajstić information content (AvgIpc) is 2.93. The van der Waals surface area contributed by atoms with Crippen LogP contribution < -0.4 is 5.32 Å². The Morgan fingerprint density at radius 1 is 1.32 bits per heavy atom. The van der Waals surface area contributed by atoms with E-state index in [-0.39, 0.29) is 18.6 Å². The Balaban J connectivity index is 1.57. The number of ether oxygens (including phenoxy) is 1. The Labute approximate surface area is 130 Å². The number of carboxylic acid groups (broad SMARTS) is 1. The van der Waals surface area contributed by atoms with Crippen LogP contribution in [0.4, 0.5) is 0 Å². The second-order valence-electron chi connectivity index (χ2n) is 5.46. The SMILES string of the molecule is O=C(O)CN1CCC(NCCC(=O)OCc2ccccc2)C1. The molecular formula is C16H22N2O4. The van der Waals surface area contributed by atoms with Gasteiger partial charge in [-0.3, -0.25) is 14.5 Å². The summed E-state index contributed by atoms with van der Waals surface area (Å²) in [5, 5.41) is 12.0. The highest BCUT2D eigenvalue weighted by molar-refractivity contribution is 5.69. The number of hydrogen-bond acceptors (Lipinski definition) is 5. The molecule has 0 saturated carbocycles. The molecule has 1 fully saturated rings. The first-order chi connectivity index (χ1) is 10.6. The number of aliphatic carboxylic acids is 1. The van der Waals surface area contributed by atoms with Gasteiger partial charge in [0.2, 0.25) is 0 Å². The molecule has 6 nitrogen and oxygen atoms in total. The number of likely N-dealkylation sites (tertiary alicyclic amines) is 1. The van der Waals surface area contributed by atoms with E-state index in [0.29, 0.717) is 26.1 Å². The van der Waals surface area contributed by atoms with Crippen molar-refractivity contribution in [2.45, 2.75) is 25.5 Å². The predicted molar refractivity (Wildman–Crippen MR) is 81.3 cm³/mol. The van der Waals surface area contributed by atoms with Crippen molar-refractivity contribution in [3.8, 4) is 0 Å². The largest absolute Gasteiger partial charge is 0.480 e. The second kappa shape index (κ2) is 8.51. The van der Waals surface area contributed by atoms with E-state index in [9.17, 15) is 9.59 Å². The van der Waals surface area contributed by atoms with Crippen molar-refractivity contribution in [3.63, 3.8) is 0 Å². The van der Waals surface area contributed by atoms with Crippen molar-refractivity contribution in [2.75, 3.05) is 26.2 Å². The highest BCUT2D eigenvalue weighted by Crippen LogP contribution is 2.08. The predicted octanol–water partition coefficient (Wildman–Crippen LogP) is 0.868. The maximum atomic E-state index is 11.6. The van der Waals surface area contributed by atoms with Crippen LogP contribution >= 0.6 is 0 Å². The molecule has 1 aromatic carbocycles. The molecule has 2 N–H and O–H groups in total. The van der Waals surface area contributed by atoms with E-state index in [1.54, 1.807) is 0 Å². The van der Waals surface area contributed by atoms with Crippen LogP contribution in [-0.4, -0.2) is 54.2 Å². The summed E-state index contributed by atoms with van der Waals surface area (Å²) in [7, 11) is 0. The smallest absolute Gasteiger partial charge is 0.317 e. The summed E-state index contributed by atoms with van der Waals surface area (Å²) in [6.07, 6.45) is 1.23. The third-order valence-electron chi connectivity index (χ3n) is 3.64. The zero-order chi connectivity index (χ0) is 15.8. The van der Waals surface area contributed by atoms with Gasteiger partial charge >= 0.3 is 11.9 Å². The zero-order valence-corrected chi connectivity index (χ0v) is 12.5. The zero-order valence-electron chi connectivity index (χ0n) is 12.5. The lowest BCUT2D eigenvalue weighted by molar-refractivity contribution is -0.144. The molecule has 120 valence electrons. The minimum atomic E-state index is -0.801. The van der Waals surface area contributed by atoms with E-state index in [4.69, 9.17) is 9.84 Å². The van der Waals surface area contributed by atoms with E-state index in [0.717, 1.165) is 18.5 Å². The monoisotopic (exact) mass is 306 g/mol. The first-order valence-electron chi connectivity index (χ1n) is 7.50. The van der Waals surface area contributed by atoms with Crippen molar-refractivity contribution in [1.82, 2.24) is 10.2 Å². The van der Waals surface area contributed by atoms with E-state index in [1.165, 1.54) is 0 Å². The van der Waals surface area contributed by atoms with Crippen molar-refractivity contribution >= 4 is 11.9 Å². The van der Waals surface area contributed by atoms with Gasteiger partial charge in [0.15, 0.2) is 0 Å². The highest BCUT2D eigenvalue weighted by atomic mass is 16.5. The molecule has 2 rings (SSSR count). The summed E-state index contributed by atoms with van der Waals surface area (Å²) < 4.78 is 5.20. The lowest BCUT2D eigenvalue weighted by atomic mass is 10.2. The van der Waals surface area contributed by atoms with E-state index in [2.05, 4.69) is 5.32 Å². The van der Waals surface area contributed by atoms with Crippen LogP contribution in [0.3, 0.4) is 0 Å². The maximum Gasteiger partial charge on any atom is 0.317 e. The first-order valence-corrected chi connectivity index (χ1v) is 7.50. The third kappa shape index (κ3) is 5.83. The first kappa shape index (κ1) is 16.5. The number of esters is 1. The summed E-state index contributed by atoms with van der Waals surface area (Å²) in [6, 6.07) is 9.83. The van der Waals surface area contributed by atoms with Crippen LogP contribution in [0.5, 0.6) is 0 Å². The minimum absolute atomic E-state index is 0.0807. The Hall–Kier alpha value is -1.92. The number of carbonyl (C=O) groups excluding carboxylic acids is 1. The summed E-state index contributed by atoms with van der Waals surface area (Å²) in [6.45, 7) is 2.43. The molecule has 0 amide bonds. The molecule has 0 aromatic heterocycles. The lowest BCUT2D eigenvalue weighted by Crippen LogP contribution is -2.35. The van der Waals surface area contributed by atoms with E-state index >= 15 is 0 Å². The van der Waals surface area contributed by atoms with Crippen LogP contribution in [0.2, 0.25) is 0 Å². The van der Waals surface area contributed by atoms with Crippen molar-refractivity contribution in [3.05, 3.63) is 35.9 Å². The van der Waals surface area contributed by atoms with Gasteiger partial charge in [0, 0.05) is 25.7 Å². The van der Waals surface area contributed by atoms with Crippen molar-refractivity contribution < 1.29 is 19.4 Å². The molecule has 1 atom stereocenters.